The second kappa shape index (κ2) is 14.7. The second-order valence-electron chi connectivity index (χ2n) is 12.9. The molecule has 264 valence electrons. The summed E-state index contributed by atoms with van der Waals surface area (Å²) in [6.07, 6.45) is 9.69. The van der Waals surface area contributed by atoms with Gasteiger partial charge in [-0.2, -0.15) is 4.57 Å². The van der Waals surface area contributed by atoms with Crippen molar-refractivity contribution in [1.29, 1.82) is 0 Å². The summed E-state index contributed by atoms with van der Waals surface area (Å²) in [5.74, 6) is -1.72. The van der Waals surface area contributed by atoms with Crippen LogP contribution in [0.2, 0.25) is 0 Å². The fourth-order valence-corrected chi connectivity index (χ4v) is 9.07. The molecule has 1 amide bonds. The highest BCUT2D eigenvalue weighted by atomic mass is 32.2. The van der Waals surface area contributed by atoms with Crippen molar-refractivity contribution in [2.75, 3.05) is 18.6 Å². The number of thioether (sulfide) groups is 1. The molecular formula is C36H39N8O5S2+. The largest absolute Gasteiger partial charge is 0.477 e. The van der Waals surface area contributed by atoms with Crippen LogP contribution in [0.5, 0.6) is 0 Å². The predicted molar refractivity (Wildman–Crippen MR) is 196 cm³/mol. The zero-order valence-electron chi connectivity index (χ0n) is 28.1. The second-order valence-corrected chi connectivity index (χ2v) is 14.9. The smallest absolute Gasteiger partial charge is 0.352 e. The van der Waals surface area contributed by atoms with Crippen LogP contribution in [-0.4, -0.2) is 73.0 Å². The molecule has 7 rings (SSSR count). The number of hydrogen-bond acceptors (Lipinski definition) is 10. The average molecular weight is 728 g/mol. The quantitative estimate of drug-likeness (QED) is 0.0640. The predicted octanol–water partition coefficient (Wildman–Crippen LogP) is 3.93. The topological polar surface area (TPSA) is 182 Å². The van der Waals surface area contributed by atoms with Gasteiger partial charge in [-0.25, -0.2) is 9.78 Å². The van der Waals surface area contributed by atoms with Crippen molar-refractivity contribution in [2.24, 2.45) is 21.8 Å². The lowest BCUT2D eigenvalue weighted by Crippen LogP contribution is -2.62. The van der Waals surface area contributed by atoms with Gasteiger partial charge < -0.3 is 26.0 Å². The number of nitrogens with two attached hydrogens (primary N) is 2. The van der Waals surface area contributed by atoms with Crippen LogP contribution in [-0.2, 0) is 32.3 Å². The minimum Gasteiger partial charge on any atom is -0.477 e. The number of ketones is 1. The van der Waals surface area contributed by atoms with Gasteiger partial charge >= 0.3 is 5.97 Å². The highest BCUT2D eigenvalue weighted by Crippen LogP contribution is 2.45. The van der Waals surface area contributed by atoms with Gasteiger partial charge in [-0.3, -0.25) is 19.5 Å². The summed E-state index contributed by atoms with van der Waals surface area (Å²) in [6, 6.07) is 14.5. The number of carboxylic acids is 1. The lowest BCUT2D eigenvalue weighted by atomic mass is 9.89. The van der Waals surface area contributed by atoms with E-state index in [1.54, 1.807) is 5.38 Å². The molecule has 51 heavy (non-hydrogen) atoms. The summed E-state index contributed by atoms with van der Waals surface area (Å²) in [4.78, 5) is 54.4. The van der Waals surface area contributed by atoms with Crippen molar-refractivity contribution in [3.05, 3.63) is 88.3 Å². The van der Waals surface area contributed by atoms with Gasteiger partial charge in [0.1, 0.15) is 29.9 Å². The first kappa shape index (κ1) is 34.4. The third-order valence-electron chi connectivity index (χ3n) is 9.65. The fourth-order valence-electron chi connectivity index (χ4n) is 7.12. The number of fused-ring (bicyclic) bond motifs is 2. The third kappa shape index (κ3) is 7.00. The van der Waals surface area contributed by atoms with Crippen LogP contribution in [0.15, 0.2) is 81.7 Å². The summed E-state index contributed by atoms with van der Waals surface area (Å²) >= 11 is 2.62. The first-order valence-electron chi connectivity index (χ1n) is 16.9. The molecule has 1 saturated carbocycles. The first-order valence-corrected chi connectivity index (χ1v) is 18.8. The van der Waals surface area contributed by atoms with E-state index < -0.39 is 29.0 Å². The molecule has 5 N–H and O–H groups in total. The van der Waals surface area contributed by atoms with Crippen LogP contribution in [0, 0.1) is 5.92 Å². The number of β-lactam (4-membered cyclic amide) rings is 1. The number of carboxylic acid groups (broad SMARTS) is 1. The minimum absolute atomic E-state index is 0.0235. The number of amidine groups is 1. The van der Waals surface area contributed by atoms with E-state index >= 15 is 0 Å². The number of nitrogen functional groups attached to an aromatic ring is 1. The molecule has 13 nitrogen and oxygen atoms in total. The Morgan fingerprint density at radius 3 is 2.63 bits per heavy atom. The Balaban J connectivity index is 1.06. The zero-order valence-corrected chi connectivity index (χ0v) is 29.7. The van der Waals surface area contributed by atoms with E-state index in [4.69, 9.17) is 21.3 Å². The lowest BCUT2D eigenvalue weighted by Gasteiger charge is -2.49. The molecule has 1 aromatic carbocycles. The van der Waals surface area contributed by atoms with Gasteiger partial charge in [0.25, 0.3) is 0 Å². The molecule has 1 saturated heterocycles. The van der Waals surface area contributed by atoms with Gasteiger partial charge in [-0.05, 0) is 24.5 Å². The van der Waals surface area contributed by atoms with E-state index in [2.05, 4.69) is 26.8 Å². The molecule has 3 aliphatic rings. The van der Waals surface area contributed by atoms with Gasteiger partial charge in [-0.15, -0.1) is 23.1 Å². The van der Waals surface area contributed by atoms with E-state index in [0.29, 0.717) is 36.3 Å². The summed E-state index contributed by atoms with van der Waals surface area (Å²) in [5.41, 5.74) is 16.9. The van der Waals surface area contributed by atoms with Crippen LogP contribution < -0.4 is 16.0 Å². The molecule has 0 spiro atoms. The van der Waals surface area contributed by atoms with Gasteiger partial charge in [0.15, 0.2) is 29.4 Å². The summed E-state index contributed by atoms with van der Waals surface area (Å²) < 4.78 is 4.16. The van der Waals surface area contributed by atoms with Crippen LogP contribution >= 0.6 is 23.1 Å². The van der Waals surface area contributed by atoms with E-state index in [1.807, 2.05) is 47.3 Å². The molecule has 0 radical (unpaired) electrons. The third-order valence-corrected chi connectivity index (χ3v) is 11.7. The van der Waals surface area contributed by atoms with E-state index in [-0.39, 0.29) is 28.7 Å². The SMILES string of the molecule is CO/N=C(\C(=O)C[C@@H]1C(=O)N2C(C(=O)O)=C(C[n+]3cccc4c3ccn4Cc3ccc(C(N)=NC4CCCCC4)cc3)CS[C@H]12)c1csc(N)n1. The van der Waals surface area contributed by atoms with Crippen molar-refractivity contribution in [3.8, 4) is 0 Å². The summed E-state index contributed by atoms with van der Waals surface area (Å²) in [7, 11) is 1.32. The Hall–Kier alpha value is -5.02. The number of thiazole rings is 1. The number of oxime groups is 1. The van der Waals surface area contributed by atoms with E-state index in [0.717, 1.165) is 46.3 Å². The number of aromatic nitrogens is 3. The average Bonchev–Trinajstić information content (AvgIpc) is 3.76. The Morgan fingerprint density at radius 2 is 1.92 bits per heavy atom. The number of benzene rings is 1. The highest BCUT2D eigenvalue weighted by Gasteiger charge is 2.54. The Bertz CT molecular complexity index is 2080. The van der Waals surface area contributed by atoms with Crippen LogP contribution in [0.25, 0.3) is 11.0 Å². The normalized spacial score (nSPS) is 20.0. The molecule has 2 aliphatic heterocycles. The maximum atomic E-state index is 13.4. The van der Waals surface area contributed by atoms with Crippen molar-refractivity contribution in [3.63, 3.8) is 0 Å². The molecule has 2 fully saturated rings. The fraction of sp³-hybridized carbons (Fsp3) is 0.361. The molecule has 0 bridgehead atoms. The van der Waals surface area contributed by atoms with Crippen molar-refractivity contribution in [2.45, 2.75) is 63.0 Å². The highest BCUT2D eigenvalue weighted by molar-refractivity contribution is 8.00. The number of carbonyl (C=O) groups excluding carboxylic acids is 2. The van der Waals surface area contributed by atoms with Crippen molar-refractivity contribution >= 4 is 68.5 Å². The van der Waals surface area contributed by atoms with Gasteiger partial charge in [0.05, 0.1) is 17.3 Å². The number of aliphatic carboxylic acids is 1. The summed E-state index contributed by atoms with van der Waals surface area (Å²) in [6.45, 7) is 0.934. The lowest BCUT2D eigenvalue weighted by molar-refractivity contribution is -0.663. The molecule has 2 atom stereocenters. The number of rotatable bonds is 12. The Morgan fingerprint density at radius 1 is 1.14 bits per heavy atom. The molecule has 15 heteroatoms. The Labute approximate surface area is 302 Å². The molecule has 1 aliphatic carbocycles. The molecule has 3 aromatic heterocycles. The maximum Gasteiger partial charge on any atom is 0.352 e. The number of anilines is 1. The molecule has 5 heterocycles. The summed E-state index contributed by atoms with van der Waals surface area (Å²) in [5, 5.41) is 15.5. The number of amides is 1. The molecule has 0 unspecified atom stereocenters. The maximum absolute atomic E-state index is 13.4. The minimum atomic E-state index is -1.17. The van der Waals surface area contributed by atoms with Crippen LogP contribution in [0.3, 0.4) is 0 Å². The number of Topliss-reactive ketones (excluding diaryl/α,β-unsaturated/α-hetero) is 1. The molecule has 4 aromatic rings. The number of carbonyl (C=O) groups is 3. The number of hydrogen-bond donors (Lipinski definition) is 3. The van der Waals surface area contributed by atoms with Gasteiger partial charge in [0, 0.05) is 53.6 Å². The number of aliphatic imine (C=N–C) groups is 1. The van der Waals surface area contributed by atoms with E-state index in [9.17, 15) is 19.5 Å². The first-order chi connectivity index (χ1) is 24.7. The van der Waals surface area contributed by atoms with Gasteiger partial charge in [0.2, 0.25) is 11.4 Å². The van der Waals surface area contributed by atoms with Crippen LogP contribution in [0.1, 0.15) is 55.3 Å². The van der Waals surface area contributed by atoms with E-state index in [1.165, 1.54) is 43.0 Å². The Kier molecular flexibility index (Phi) is 9.91. The standard InChI is InChI=1S/C36H38N8O5S2/c1-49-41-30(26-20-51-36(38)40-26)29(45)16-25-33(46)44-31(35(47)48)23(19-50-34(25)44)18-42-14-5-8-27-28(42)13-15-43(27)17-21-9-11-22(12-10-21)32(37)39-24-6-3-2-4-7-24/h5,8-15,20,24-25,34H,2-4,6-7,16-19H2,1H3,(H4-,37,38,39,40,47,48)/p+1/b41-30-/t25-,34-/m1/s1. The van der Waals surface area contributed by atoms with Crippen LogP contribution in [0.4, 0.5) is 5.13 Å². The molecular weight excluding hydrogens is 689 g/mol. The number of nitrogens with zero attached hydrogens (tertiary/aromatic N) is 6. The zero-order chi connectivity index (χ0) is 35.6. The van der Waals surface area contributed by atoms with Gasteiger partial charge in [-0.1, -0.05) is 48.7 Å². The van der Waals surface area contributed by atoms with Crippen molar-refractivity contribution < 1.29 is 28.9 Å². The monoisotopic (exact) mass is 727 g/mol. The van der Waals surface area contributed by atoms with Crippen molar-refractivity contribution in [1.82, 2.24) is 14.5 Å². The number of pyridine rings is 1.